The smallest absolute Gasteiger partial charge is 0.254 e. The lowest BCUT2D eigenvalue weighted by Crippen LogP contribution is -2.29. The summed E-state index contributed by atoms with van der Waals surface area (Å²) in [6.45, 7) is 3.62. The van der Waals surface area contributed by atoms with Crippen LogP contribution in [0.3, 0.4) is 0 Å². The summed E-state index contributed by atoms with van der Waals surface area (Å²) in [6, 6.07) is 15.9. The quantitative estimate of drug-likeness (QED) is 0.762. The van der Waals surface area contributed by atoms with Crippen molar-refractivity contribution < 1.29 is 4.79 Å². The Hall–Kier alpha value is -2.92. The minimum atomic E-state index is -0.312. The van der Waals surface area contributed by atoms with Crippen LogP contribution in [-0.4, -0.2) is 15.5 Å². The maximum Gasteiger partial charge on any atom is 0.254 e. The molecule has 0 aliphatic heterocycles. The maximum atomic E-state index is 12.5. The van der Waals surface area contributed by atoms with Crippen LogP contribution in [0.15, 0.2) is 59.4 Å². The van der Waals surface area contributed by atoms with E-state index in [0.29, 0.717) is 22.2 Å². The van der Waals surface area contributed by atoms with Crippen molar-refractivity contribution in [3.05, 3.63) is 81.2 Å². The first-order valence-electron chi connectivity index (χ1n) is 8.13. The number of aromatic nitrogens is 2. The van der Waals surface area contributed by atoms with Crippen LogP contribution in [0.5, 0.6) is 0 Å². The highest BCUT2D eigenvalue weighted by Crippen LogP contribution is 2.18. The van der Waals surface area contributed by atoms with Crippen molar-refractivity contribution in [1.29, 1.82) is 0 Å². The summed E-state index contributed by atoms with van der Waals surface area (Å²) < 4.78 is 1.38. The number of carbonyl (C=O) groups is 1. The van der Waals surface area contributed by atoms with Crippen LogP contribution in [0.25, 0.3) is 11.4 Å². The van der Waals surface area contributed by atoms with E-state index in [2.05, 4.69) is 10.3 Å². The molecule has 3 rings (SSSR count). The number of halogens is 1. The number of nitrogens with zero attached hydrogens (tertiary/aromatic N) is 2. The normalized spacial score (nSPS) is 10.6. The fraction of sp³-hybridized carbons (Fsp3) is 0.150. The summed E-state index contributed by atoms with van der Waals surface area (Å²) in [4.78, 5) is 29.3. The molecule has 0 radical (unpaired) electrons. The summed E-state index contributed by atoms with van der Waals surface area (Å²) in [5, 5.41) is 3.35. The van der Waals surface area contributed by atoms with Crippen molar-refractivity contribution >= 4 is 23.2 Å². The Morgan fingerprint density at radius 3 is 2.38 bits per heavy atom. The molecule has 0 bridgehead atoms. The molecule has 5 nitrogen and oxygen atoms in total. The third-order valence-electron chi connectivity index (χ3n) is 3.88. The molecule has 0 atom stereocenters. The van der Waals surface area contributed by atoms with Crippen LogP contribution in [0.1, 0.15) is 11.3 Å². The monoisotopic (exact) mass is 367 g/mol. The number of nitrogens with one attached hydrogen (secondary N) is 1. The first-order valence-corrected chi connectivity index (χ1v) is 8.51. The molecule has 0 spiro atoms. The zero-order valence-electron chi connectivity index (χ0n) is 14.5. The summed E-state index contributed by atoms with van der Waals surface area (Å²) in [5.74, 6) is 0.162. The molecule has 1 heterocycles. The fourth-order valence-corrected chi connectivity index (χ4v) is 2.70. The number of hydrogen-bond acceptors (Lipinski definition) is 3. The highest BCUT2D eigenvalue weighted by Gasteiger charge is 2.13. The van der Waals surface area contributed by atoms with Gasteiger partial charge in [-0.3, -0.25) is 14.2 Å². The molecular formula is C20H18ClN3O2. The van der Waals surface area contributed by atoms with E-state index in [1.54, 1.807) is 31.2 Å². The van der Waals surface area contributed by atoms with Gasteiger partial charge in [-0.05, 0) is 38.1 Å². The van der Waals surface area contributed by atoms with Gasteiger partial charge in [-0.25, -0.2) is 4.98 Å². The molecule has 2 aromatic carbocycles. The summed E-state index contributed by atoms with van der Waals surface area (Å²) >= 11 is 5.85. The van der Waals surface area contributed by atoms with E-state index in [9.17, 15) is 9.59 Å². The van der Waals surface area contributed by atoms with E-state index >= 15 is 0 Å². The second-order valence-electron chi connectivity index (χ2n) is 6.07. The number of carbonyl (C=O) groups excluding carboxylic acids is 1. The zero-order valence-corrected chi connectivity index (χ0v) is 15.2. The van der Waals surface area contributed by atoms with E-state index in [0.717, 1.165) is 11.1 Å². The Labute approximate surface area is 156 Å². The Morgan fingerprint density at radius 1 is 1.08 bits per heavy atom. The van der Waals surface area contributed by atoms with Crippen LogP contribution < -0.4 is 10.9 Å². The van der Waals surface area contributed by atoms with Gasteiger partial charge in [0.25, 0.3) is 5.56 Å². The predicted molar refractivity (Wildman–Crippen MR) is 103 cm³/mol. The SMILES string of the molecule is Cc1ccc(-c2nc(C)cc(=O)n2CC(=O)Nc2ccc(Cl)cc2)cc1. The van der Waals surface area contributed by atoms with Crippen LogP contribution in [0.2, 0.25) is 5.02 Å². The topological polar surface area (TPSA) is 64.0 Å². The molecule has 6 heteroatoms. The molecule has 26 heavy (non-hydrogen) atoms. The van der Waals surface area contributed by atoms with E-state index in [1.807, 2.05) is 31.2 Å². The molecule has 0 aliphatic rings. The molecule has 1 aromatic heterocycles. The first kappa shape index (κ1) is 17.9. The molecular weight excluding hydrogens is 350 g/mol. The molecule has 132 valence electrons. The minimum absolute atomic E-state index is 0.127. The standard InChI is InChI=1S/C20H18ClN3O2/c1-13-3-5-15(6-4-13)20-22-14(2)11-19(26)24(20)12-18(25)23-17-9-7-16(21)8-10-17/h3-11H,12H2,1-2H3,(H,23,25). The van der Waals surface area contributed by atoms with Crippen LogP contribution in [-0.2, 0) is 11.3 Å². The zero-order chi connectivity index (χ0) is 18.7. The molecule has 1 amide bonds. The second kappa shape index (κ2) is 7.54. The van der Waals surface area contributed by atoms with Crippen molar-refractivity contribution in [2.75, 3.05) is 5.32 Å². The van der Waals surface area contributed by atoms with Gasteiger partial charge < -0.3 is 5.32 Å². The number of benzene rings is 2. The van der Waals surface area contributed by atoms with Gasteiger partial charge in [0, 0.05) is 28.0 Å². The van der Waals surface area contributed by atoms with E-state index in [4.69, 9.17) is 11.6 Å². The summed E-state index contributed by atoms with van der Waals surface area (Å²) in [5.41, 5.74) is 2.86. The van der Waals surface area contributed by atoms with Gasteiger partial charge in [-0.2, -0.15) is 0 Å². The third kappa shape index (κ3) is 4.18. The summed E-state index contributed by atoms with van der Waals surface area (Å²) in [6.07, 6.45) is 0. The van der Waals surface area contributed by atoms with Crippen molar-refractivity contribution in [2.45, 2.75) is 20.4 Å². The Balaban J connectivity index is 1.91. The first-order chi connectivity index (χ1) is 12.4. The largest absolute Gasteiger partial charge is 0.325 e. The van der Waals surface area contributed by atoms with E-state index < -0.39 is 0 Å². The highest BCUT2D eigenvalue weighted by atomic mass is 35.5. The number of rotatable bonds is 4. The van der Waals surface area contributed by atoms with Crippen molar-refractivity contribution in [3.8, 4) is 11.4 Å². The van der Waals surface area contributed by atoms with Crippen LogP contribution >= 0.6 is 11.6 Å². The Morgan fingerprint density at radius 2 is 1.73 bits per heavy atom. The van der Waals surface area contributed by atoms with Gasteiger partial charge in [0.05, 0.1) is 0 Å². The predicted octanol–water partition coefficient (Wildman–Crippen LogP) is 3.82. The van der Waals surface area contributed by atoms with Gasteiger partial charge in [-0.1, -0.05) is 41.4 Å². The summed E-state index contributed by atoms with van der Waals surface area (Å²) in [7, 11) is 0. The van der Waals surface area contributed by atoms with E-state index in [1.165, 1.54) is 10.6 Å². The molecule has 0 aliphatic carbocycles. The fourth-order valence-electron chi connectivity index (χ4n) is 2.57. The molecule has 0 saturated heterocycles. The average Bonchev–Trinajstić information content (AvgIpc) is 2.60. The maximum absolute atomic E-state index is 12.5. The second-order valence-corrected chi connectivity index (χ2v) is 6.50. The lowest BCUT2D eigenvalue weighted by atomic mass is 10.1. The number of anilines is 1. The van der Waals surface area contributed by atoms with Crippen LogP contribution in [0.4, 0.5) is 5.69 Å². The number of hydrogen-bond donors (Lipinski definition) is 1. The Kier molecular flexibility index (Phi) is 5.19. The molecule has 0 saturated carbocycles. The van der Waals surface area contributed by atoms with Crippen molar-refractivity contribution in [2.24, 2.45) is 0 Å². The molecule has 3 aromatic rings. The molecule has 0 unspecified atom stereocenters. The lowest BCUT2D eigenvalue weighted by molar-refractivity contribution is -0.116. The van der Waals surface area contributed by atoms with Crippen LogP contribution in [0, 0.1) is 13.8 Å². The Bertz CT molecular complexity index is 993. The third-order valence-corrected chi connectivity index (χ3v) is 4.13. The van der Waals surface area contributed by atoms with E-state index in [-0.39, 0.29) is 18.0 Å². The number of aryl methyl sites for hydroxylation is 2. The number of amides is 1. The van der Waals surface area contributed by atoms with Gasteiger partial charge in [0.1, 0.15) is 12.4 Å². The van der Waals surface area contributed by atoms with Gasteiger partial charge in [0.2, 0.25) is 5.91 Å². The molecule has 1 N–H and O–H groups in total. The van der Waals surface area contributed by atoms with Crippen molar-refractivity contribution in [1.82, 2.24) is 9.55 Å². The van der Waals surface area contributed by atoms with Crippen molar-refractivity contribution in [3.63, 3.8) is 0 Å². The van der Waals surface area contributed by atoms with Gasteiger partial charge in [-0.15, -0.1) is 0 Å². The highest BCUT2D eigenvalue weighted by molar-refractivity contribution is 6.30. The lowest BCUT2D eigenvalue weighted by Gasteiger charge is -2.13. The van der Waals surface area contributed by atoms with Gasteiger partial charge in [0.15, 0.2) is 0 Å². The average molecular weight is 368 g/mol. The minimum Gasteiger partial charge on any atom is -0.325 e. The van der Waals surface area contributed by atoms with Gasteiger partial charge >= 0.3 is 0 Å². The molecule has 0 fully saturated rings.